The van der Waals surface area contributed by atoms with Crippen molar-refractivity contribution in [3.63, 3.8) is 0 Å². The average molecular weight is 174 g/mol. The van der Waals surface area contributed by atoms with E-state index in [1.807, 2.05) is 0 Å². The number of halogens is 3. The lowest BCUT2D eigenvalue weighted by Gasteiger charge is -2.04. The van der Waals surface area contributed by atoms with Gasteiger partial charge < -0.3 is 5.41 Å². The molecule has 0 aliphatic heterocycles. The van der Waals surface area contributed by atoms with Crippen LogP contribution in [0.2, 0.25) is 0 Å². The fraction of sp³-hybridized carbons (Fsp3) is 0.143. The molecule has 1 aromatic rings. The van der Waals surface area contributed by atoms with E-state index in [4.69, 9.17) is 5.41 Å². The Balaban J connectivity index is 3.00. The molecule has 1 rings (SSSR count). The molecule has 12 heavy (non-hydrogen) atoms. The molecule has 0 fully saturated rings. The SMILES string of the molecule is N=Cc1ccc(C(F)(F)F)cn1. The van der Waals surface area contributed by atoms with Gasteiger partial charge in [-0.2, -0.15) is 13.2 Å². The summed E-state index contributed by atoms with van der Waals surface area (Å²) in [6.07, 6.45) is -2.76. The summed E-state index contributed by atoms with van der Waals surface area (Å²) >= 11 is 0. The molecule has 0 unspecified atom stereocenters. The van der Waals surface area contributed by atoms with E-state index in [0.717, 1.165) is 18.3 Å². The lowest BCUT2D eigenvalue weighted by atomic mass is 10.2. The molecule has 0 spiro atoms. The number of nitrogens with zero attached hydrogens (tertiary/aromatic N) is 1. The van der Waals surface area contributed by atoms with E-state index in [1.165, 1.54) is 0 Å². The van der Waals surface area contributed by atoms with Crippen LogP contribution in [-0.2, 0) is 6.18 Å². The van der Waals surface area contributed by atoms with Crippen molar-refractivity contribution in [2.45, 2.75) is 6.18 Å². The largest absolute Gasteiger partial charge is 0.417 e. The van der Waals surface area contributed by atoms with Gasteiger partial charge in [-0.25, -0.2) is 0 Å². The fourth-order valence-electron chi connectivity index (χ4n) is 0.658. The Morgan fingerprint density at radius 3 is 2.33 bits per heavy atom. The summed E-state index contributed by atoms with van der Waals surface area (Å²) < 4.78 is 35.8. The van der Waals surface area contributed by atoms with Crippen LogP contribution in [0.1, 0.15) is 11.3 Å². The van der Waals surface area contributed by atoms with Crippen LogP contribution in [0.5, 0.6) is 0 Å². The summed E-state index contributed by atoms with van der Waals surface area (Å²) in [5.74, 6) is 0. The van der Waals surface area contributed by atoms with Crippen molar-refractivity contribution in [1.29, 1.82) is 5.41 Å². The van der Waals surface area contributed by atoms with Gasteiger partial charge in [0, 0.05) is 12.4 Å². The summed E-state index contributed by atoms with van der Waals surface area (Å²) in [5, 5.41) is 6.70. The van der Waals surface area contributed by atoms with E-state index in [9.17, 15) is 13.2 Å². The van der Waals surface area contributed by atoms with E-state index in [0.29, 0.717) is 6.20 Å². The van der Waals surface area contributed by atoms with Crippen LogP contribution >= 0.6 is 0 Å². The molecule has 1 aromatic heterocycles. The zero-order valence-electron chi connectivity index (χ0n) is 5.89. The summed E-state index contributed by atoms with van der Waals surface area (Å²) in [5.41, 5.74) is -0.587. The maximum Gasteiger partial charge on any atom is 0.417 e. The van der Waals surface area contributed by atoms with Gasteiger partial charge in [0.2, 0.25) is 0 Å². The molecular weight excluding hydrogens is 169 g/mol. The molecule has 64 valence electrons. The van der Waals surface area contributed by atoms with Crippen LogP contribution in [0.15, 0.2) is 18.3 Å². The van der Waals surface area contributed by atoms with Crippen LogP contribution in [0.3, 0.4) is 0 Å². The van der Waals surface area contributed by atoms with Gasteiger partial charge in [0.15, 0.2) is 0 Å². The molecule has 0 radical (unpaired) electrons. The number of aromatic nitrogens is 1. The Labute approximate surface area is 66.6 Å². The molecule has 2 nitrogen and oxygen atoms in total. The number of alkyl halides is 3. The first kappa shape index (κ1) is 8.70. The van der Waals surface area contributed by atoms with E-state index in [-0.39, 0.29) is 5.69 Å². The number of pyridine rings is 1. The molecule has 0 aromatic carbocycles. The predicted octanol–water partition coefficient (Wildman–Crippen LogP) is 2.10. The molecule has 0 amide bonds. The van der Waals surface area contributed by atoms with Gasteiger partial charge in [0.25, 0.3) is 0 Å². The van der Waals surface area contributed by atoms with Crippen LogP contribution in [0, 0.1) is 5.41 Å². The van der Waals surface area contributed by atoms with E-state index < -0.39 is 11.7 Å². The normalized spacial score (nSPS) is 11.2. The van der Waals surface area contributed by atoms with Crippen LogP contribution in [-0.4, -0.2) is 11.2 Å². The van der Waals surface area contributed by atoms with Gasteiger partial charge in [-0.15, -0.1) is 0 Å². The summed E-state index contributed by atoms with van der Waals surface area (Å²) in [6.45, 7) is 0. The minimum absolute atomic E-state index is 0.211. The Morgan fingerprint density at radius 2 is 2.00 bits per heavy atom. The first-order valence-electron chi connectivity index (χ1n) is 3.08. The fourth-order valence-corrected chi connectivity index (χ4v) is 0.658. The average Bonchev–Trinajstić information content (AvgIpc) is 2.03. The third-order valence-electron chi connectivity index (χ3n) is 1.26. The second-order valence-electron chi connectivity index (χ2n) is 2.11. The van der Waals surface area contributed by atoms with Gasteiger partial charge in [-0.05, 0) is 12.1 Å². The molecule has 5 heteroatoms. The number of nitrogens with one attached hydrogen (secondary N) is 1. The highest BCUT2D eigenvalue weighted by Gasteiger charge is 2.30. The zero-order valence-corrected chi connectivity index (χ0v) is 5.89. The van der Waals surface area contributed by atoms with Crippen molar-refractivity contribution in [1.82, 2.24) is 4.98 Å². The highest BCUT2D eigenvalue weighted by atomic mass is 19.4. The standard InChI is InChI=1S/C7H5F3N2/c8-7(9,10)5-1-2-6(3-11)12-4-5/h1-4,11H. The monoisotopic (exact) mass is 174 g/mol. The highest BCUT2D eigenvalue weighted by Crippen LogP contribution is 2.28. The van der Waals surface area contributed by atoms with Gasteiger partial charge in [0.05, 0.1) is 11.3 Å². The van der Waals surface area contributed by atoms with Crippen molar-refractivity contribution in [2.75, 3.05) is 0 Å². The minimum Gasteiger partial charge on any atom is -0.307 e. The Hall–Kier alpha value is -1.39. The molecule has 0 saturated heterocycles. The molecule has 1 N–H and O–H groups in total. The maximum absolute atomic E-state index is 11.9. The van der Waals surface area contributed by atoms with Gasteiger partial charge >= 0.3 is 6.18 Å². The van der Waals surface area contributed by atoms with E-state index in [1.54, 1.807) is 0 Å². The quantitative estimate of drug-likeness (QED) is 0.650. The Kier molecular flexibility index (Phi) is 2.12. The lowest BCUT2D eigenvalue weighted by Crippen LogP contribution is -2.05. The smallest absolute Gasteiger partial charge is 0.307 e. The van der Waals surface area contributed by atoms with Gasteiger partial charge in [-0.3, -0.25) is 4.98 Å². The van der Waals surface area contributed by atoms with Crippen molar-refractivity contribution >= 4 is 6.21 Å². The van der Waals surface area contributed by atoms with Gasteiger partial charge in [0.1, 0.15) is 0 Å². The first-order valence-corrected chi connectivity index (χ1v) is 3.08. The molecule has 0 bridgehead atoms. The molecule has 0 aliphatic rings. The second-order valence-corrected chi connectivity index (χ2v) is 2.11. The molecular formula is C7H5F3N2. The summed E-state index contributed by atoms with van der Waals surface area (Å²) in [4.78, 5) is 3.40. The lowest BCUT2D eigenvalue weighted by molar-refractivity contribution is -0.137. The second kappa shape index (κ2) is 2.92. The summed E-state index contributed by atoms with van der Waals surface area (Å²) in [6, 6.07) is 2.04. The van der Waals surface area contributed by atoms with Crippen LogP contribution in [0.25, 0.3) is 0 Å². The third-order valence-corrected chi connectivity index (χ3v) is 1.26. The van der Waals surface area contributed by atoms with Gasteiger partial charge in [-0.1, -0.05) is 0 Å². The third kappa shape index (κ3) is 1.81. The number of hydrogen-bond acceptors (Lipinski definition) is 2. The topological polar surface area (TPSA) is 36.7 Å². The first-order chi connectivity index (χ1) is 5.54. The zero-order chi connectivity index (χ0) is 9.19. The highest BCUT2D eigenvalue weighted by molar-refractivity contribution is 5.73. The van der Waals surface area contributed by atoms with E-state index in [2.05, 4.69) is 4.98 Å². The molecule has 0 atom stereocenters. The van der Waals surface area contributed by atoms with Crippen molar-refractivity contribution in [3.8, 4) is 0 Å². The Morgan fingerprint density at radius 1 is 1.33 bits per heavy atom. The molecule has 1 heterocycles. The van der Waals surface area contributed by atoms with Crippen LogP contribution in [0.4, 0.5) is 13.2 Å². The van der Waals surface area contributed by atoms with E-state index >= 15 is 0 Å². The summed E-state index contributed by atoms with van der Waals surface area (Å²) in [7, 11) is 0. The van der Waals surface area contributed by atoms with Crippen molar-refractivity contribution in [2.24, 2.45) is 0 Å². The molecule has 0 saturated carbocycles. The number of rotatable bonds is 1. The number of hydrogen-bond donors (Lipinski definition) is 1. The molecule has 0 aliphatic carbocycles. The Bertz CT molecular complexity index is 276. The maximum atomic E-state index is 11.9. The minimum atomic E-state index is -4.35. The van der Waals surface area contributed by atoms with Crippen LogP contribution < -0.4 is 0 Å². The predicted molar refractivity (Wildman–Crippen MR) is 37.1 cm³/mol. The van der Waals surface area contributed by atoms with Crippen molar-refractivity contribution in [3.05, 3.63) is 29.6 Å². The van der Waals surface area contributed by atoms with Crippen molar-refractivity contribution < 1.29 is 13.2 Å².